The summed E-state index contributed by atoms with van der Waals surface area (Å²) in [6.45, 7) is 0.293. The third-order valence-electron chi connectivity index (χ3n) is 3.63. The van der Waals surface area contributed by atoms with Gasteiger partial charge in [0.25, 0.3) is 0 Å². The highest BCUT2D eigenvalue weighted by molar-refractivity contribution is 8.00. The van der Waals surface area contributed by atoms with Crippen molar-refractivity contribution >= 4 is 17.6 Å². The van der Waals surface area contributed by atoms with Crippen LogP contribution in [0.25, 0.3) is 0 Å². The summed E-state index contributed by atoms with van der Waals surface area (Å²) in [5.74, 6) is 0.197. The monoisotopic (exact) mass is 317 g/mol. The second-order valence-corrected chi connectivity index (χ2v) is 6.64. The smallest absolute Gasteiger partial charge is 0.349 e. The fourth-order valence-corrected chi connectivity index (χ4v) is 3.88. The Morgan fingerprint density at radius 3 is 2.81 bits per heavy atom. The predicted molar refractivity (Wildman–Crippen MR) is 79.9 cm³/mol. The lowest BCUT2D eigenvalue weighted by Crippen LogP contribution is -2.30. The Kier molecular flexibility index (Phi) is 5.60. The predicted octanol–water partition coefficient (Wildman–Crippen LogP) is 0.171. The maximum atomic E-state index is 13.8. The van der Waals surface area contributed by atoms with Crippen molar-refractivity contribution in [2.24, 2.45) is 0 Å². The quantitative estimate of drug-likeness (QED) is 0.647. The Morgan fingerprint density at radius 1 is 1.43 bits per heavy atom. The molecule has 1 saturated heterocycles. The summed E-state index contributed by atoms with van der Waals surface area (Å²) in [7, 11) is 0. The van der Waals surface area contributed by atoms with Crippen molar-refractivity contribution in [2.75, 3.05) is 12.3 Å². The number of nitrogen functional groups attached to an aromatic ring is 1. The number of hydrogen-bond donors (Lipinski definition) is 3. The number of aryl methyl sites for hydroxylation is 1. The number of aromatic nitrogens is 2. The van der Waals surface area contributed by atoms with Crippen LogP contribution in [0.5, 0.6) is 0 Å². The number of thioether (sulfide) groups is 1. The van der Waals surface area contributed by atoms with E-state index in [0.29, 0.717) is 13.0 Å². The molecule has 1 aromatic rings. The average molecular weight is 317 g/mol. The van der Waals surface area contributed by atoms with Crippen molar-refractivity contribution < 1.29 is 14.6 Å². The summed E-state index contributed by atoms with van der Waals surface area (Å²) in [4.78, 5) is 15.1. The molecule has 1 aliphatic heterocycles. The van der Waals surface area contributed by atoms with E-state index >= 15 is 0 Å². The van der Waals surface area contributed by atoms with Gasteiger partial charge in [-0.1, -0.05) is 6.42 Å². The molecule has 2 heterocycles. The number of hydrogen-bond acceptors (Lipinski definition) is 6. The molecule has 6 nitrogen and oxygen atoms in total. The maximum Gasteiger partial charge on any atom is 0.349 e. The van der Waals surface area contributed by atoms with Gasteiger partial charge in [0.1, 0.15) is 18.1 Å². The lowest BCUT2D eigenvalue weighted by Gasteiger charge is -2.13. The Morgan fingerprint density at radius 2 is 2.19 bits per heavy atom. The number of aliphatic hydroxyl groups is 2. The zero-order valence-electron chi connectivity index (χ0n) is 11.6. The van der Waals surface area contributed by atoms with Crippen LogP contribution in [-0.2, 0) is 6.54 Å². The van der Waals surface area contributed by atoms with Crippen LogP contribution in [0.1, 0.15) is 19.3 Å². The van der Waals surface area contributed by atoms with Crippen molar-refractivity contribution in [2.45, 2.75) is 48.6 Å². The molecule has 118 valence electrons. The first-order chi connectivity index (χ1) is 10.0. The zero-order chi connectivity index (χ0) is 15.4. The van der Waals surface area contributed by atoms with Crippen LogP contribution in [0.15, 0.2) is 17.1 Å². The van der Waals surface area contributed by atoms with Crippen LogP contribution in [0.2, 0.25) is 0 Å². The van der Waals surface area contributed by atoms with Crippen LogP contribution in [0.3, 0.4) is 0 Å². The molecule has 0 aliphatic carbocycles. The third kappa shape index (κ3) is 3.96. The molecule has 1 aliphatic rings. The number of anilines is 1. The van der Waals surface area contributed by atoms with Gasteiger partial charge < -0.3 is 15.9 Å². The Labute approximate surface area is 126 Å². The van der Waals surface area contributed by atoms with Gasteiger partial charge in [-0.2, -0.15) is 4.98 Å². The minimum Gasteiger partial charge on any atom is -0.395 e. The average Bonchev–Trinajstić information content (AvgIpc) is 2.73. The first-order valence-electron chi connectivity index (χ1n) is 6.94. The fraction of sp³-hybridized carbons (Fsp3) is 0.692. The second-order valence-electron chi connectivity index (χ2n) is 5.15. The molecular formula is C13H20FN3O3S. The molecule has 0 radical (unpaired) electrons. The van der Waals surface area contributed by atoms with Crippen molar-refractivity contribution in [1.29, 1.82) is 0 Å². The first-order valence-corrected chi connectivity index (χ1v) is 7.88. The molecule has 8 heteroatoms. The van der Waals surface area contributed by atoms with Crippen LogP contribution < -0.4 is 11.4 Å². The molecule has 21 heavy (non-hydrogen) atoms. The number of unbranched alkanes of at least 4 members (excludes halogenated alkanes) is 1. The zero-order valence-corrected chi connectivity index (χ0v) is 12.4. The van der Waals surface area contributed by atoms with Gasteiger partial charge in [0.2, 0.25) is 0 Å². The van der Waals surface area contributed by atoms with E-state index in [4.69, 9.17) is 10.8 Å². The van der Waals surface area contributed by atoms with E-state index < -0.39 is 17.5 Å². The lowest BCUT2D eigenvalue weighted by atomic mass is 10.1. The molecule has 4 atom stereocenters. The summed E-state index contributed by atoms with van der Waals surface area (Å²) in [5.41, 5.74) is 5.02. The van der Waals surface area contributed by atoms with Crippen LogP contribution in [-0.4, -0.2) is 49.1 Å². The van der Waals surface area contributed by atoms with Gasteiger partial charge in [0, 0.05) is 18.0 Å². The summed E-state index contributed by atoms with van der Waals surface area (Å²) in [5, 5.41) is 17.9. The van der Waals surface area contributed by atoms with E-state index in [1.165, 1.54) is 16.3 Å². The largest absolute Gasteiger partial charge is 0.395 e. The van der Waals surface area contributed by atoms with Crippen molar-refractivity contribution in [3.05, 3.63) is 22.7 Å². The van der Waals surface area contributed by atoms with Crippen molar-refractivity contribution in [1.82, 2.24) is 9.55 Å². The summed E-state index contributed by atoms with van der Waals surface area (Å²) >= 11 is 1.31. The number of nitrogens with two attached hydrogens (primary N) is 1. The van der Waals surface area contributed by atoms with Gasteiger partial charge in [-0.25, -0.2) is 9.18 Å². The summed E-state index contributed by atoms with van der Waals surface area (Å²) in [6, 6.07) is 1.56. The van der Waals surface area contributed by atoms with Gasteiger partial charge in [-0.3, -0.25) is 4.57 Å². The Hall–Kier alpha value is -1.12. The van der Waals surface area contributed by atoms with Gasteiger partial charge in [-0.15, -0.1) is 11.8 Å². The van der Waals surface area contributed by atoms with Crippen molar-refractivity contribution in [3.63, 3.8) is 0 Å². The molecule has 0 saturated carbocycles. The molecule has 4 N–H and O–H groups in total. The Bertz CT molecular complexity index is 528. The van der Waals surface area contributed by atoms with E-state index in [1.54, 1.807) is 12.3 Å². The van der Waals surface area contributed by atoms with Gasteiger partial charge >= 0.3 is 5.69 Å². The highest BCUT2D eigenvalue weighted by Gasteiger charge is 2.42. The van der Waals surface area contributed by atoms with E-state index in [0.717, 1.165) is 12.8 Å². The number of alkyl halides is 1. The second kappa shape index (κ2) is 7.24. The molecule has 0 amide bonds. The molecule has 1 aromatic heterocycles. The molecule has 2 rings (SSSR count). The summed E-state index contributed by atoms with van der Waals surface area (Å²) in [6.07, 6.45) is 1.27. The molecular weight excluding hydrogens is 297 g/mol. The van der Waals surface area contributed by atoms with E-state index in [1.807, 2.05) is 0 Å². The van der Waals surface area contributed by atoms with Gasteiger partial charge in [0.05, 0.1) is 11.9 Å². The molecule has 0 spiro atoms. The molecule has 0 bridgehead atoms. The number of halogens is 1. The topological polar surface area (TPSA) is 101 Å². The molecule has 1 unspecified atom stereocenters. The lowest BCUT2D eigenvalue weighted by molar-refractivity contribution is 0.0704. The molecule has 0 aromatic carbocycles. The number of rotatable bonds is 6. The van der Waals surface area contributed by atoms with Crippen molar-refractivity contribution in [3.8, 4) is 0 Å². The normalized spacial score (nSPS) is 28.9. The highest BCUT2D eigenvalue weighted by atomic mass is 32.2. The third-order valence-corrected chi connectivity index (χ3v) is 5.25. The first kappa shape index (κ1) is 16.3. The number of nitrogens with zero attached hydrogens (tertiary/aromatic N) is 2. The number of aliphatic hydroxyl groups excluding tert-OH is 2. The maximum absolute atomic E-state index is 13.8. The van der Waals surface area contributed by atoms with Crippen LogP contribution in [0.4, 0.5) is 10.2 Å². The summed E-state index contributed by atoms with van der Waals surface area (Å²) < 4.78 is 15.3. The molecule has 1 fully saturated rings. The Balaban J connectivity index is 1.76. The van der Waals surface area contributed by atoms with Gasteiger partial charge in [0.15, 0.2) is 0 Å². The standard InChI is InChI=1S/C13H20FN3O3S/c14-11-8(21-9(7-18)12(11)19)3-1-2-5-17-6-4-10(15)16-13(17)20/h4,6,8-9,11-12,18-19H,1-3,5,7H2,(H2,15,16,20)/t8?,9-,11-,12-/m1/s1. The van der Waals surface area contributed by atoms with E-state index in [-0.39, 0.29) is 23.4 Å². The van der Waals surface area contributed by atoms with Gasteiger partial charge in [-0.05, 0) is 18.9 Å². The van der Waals surface area contributed by atoms with E-state index in [9.17, 15) is 14.3 Å². The van der Waals surface area contributed by atoms with Crippen LogP contribution in [0, 0.1) is 0 Å². The highest BCUT2D eigenvalue weighted by Crippen LogP contribution is 2.38. The minimum atomic E-state index is -1.30. The van der Waals surface area contributed by atoms with E-state index in [2.05, 4.69) is 4.98 Å². The fourth-order valence-electron chi connectivity index (χ4n) is 2.42. The minimum absolute atomic E-state index is 0.197. The SMILES string of the molecule is Nc1ccn(CCCCC2S[C@H](CO)[C@@H](O)[C@@H]2F)c(=O)n1. The van der Waals surface area contributed by atoms with Crippen LogP contribution >= 0.6 is 11.8 Å².